The quantitative estimate of drug-likeness (QED) is 0.857. The van der Waals surface area contributed by atoms with Crippen LogP contribution in [0.4, 0.5) is 0 Å². The van der Waals surface area contributed by atoms with E-state index in [1.54, 1.807) is 0 Å². The fraction of sp³-hybridized carbons (Fsp3) is 0.250. The molecule has 1 N–H and O–H groups in total. The third-order valence-corrected chi connectivity index (χ3v) is 2.82. The van der Waals surface area contributed by atoms with Gasteiger partial charge in [0.25, 0.3) is 0 Å². The Kier molecular flexibility index (Phi) is 4.37. The molecule has 0 bridgehead atoms. The van der Waals surface area contributed by atoms with Gasteiger partial charge in [-0.05, 0) is 42.8 Å². The van der Waals surface area contributed by atoms with E-state index in [9.17, 15) is 0 Å². The molecule has 0 fully saturated rings. The fourth-order valence-electron chi connectivity index (χ4n) is 1.74. The number of nitrogens with one attached hydrogen (secondary N) is 1. The molecule has 0 amide bonds. The van der Waals surface area contributed by atoms with E-state index >= 15 is 0 Å². The van der Waals surface area contributed by atoms with Crippen molar-refractivity contribution >= 4 is 0 Å². The van der Waals surface area contributed by atoms with E-state index in [2.05, 4.69) is 37.4 Å². The Bertz CT molecular complexity index is 491. The molecule has 0 aliphatic heterocycles. The minimum atomic E-state index is 0.879. The minimum Gasteiger partial charge on any atom is -0.457 e. The van der Waals surface area contributed by atoms with E-state index in [0.717, 1.165) is 30.2 Å². The molecule has 18 heavy (non-hydrogen) atoms. The lowest BCUT2D eigenvalue weighted by Crippen LogP contribution is -2.11. The zero-order valence-corrected chi connectivity index (χ0v) is 10.9. The van der Waals surface area contributed by atoms with Crippen LogP contribution in [-0.4, -0.2) is 6.54 Å². The van der Waals surface area contributed by atoms with E-state index in [1.807, 2.05) is 30.3 Å². The highest BCUT2D eigenvalue weighted by Gasteiger charge is 2.00. The van der Waals surface area contributed by atoms with Crippen LogP contribution in [-0.2, 0) is 6.54 Å². The van der Waals surface area contributed by atoms with E-state index in [-0.39, 0.29) is 0 Å². The average molecular weight is 241 g/mol. The molecule has 0 radical (unpaired) electrons. The molecule has 0 aliphatic carbocycles. The van der Waals surface area contributed by atoms with Crippen molar-refractivity contribution in [1.82, 2.24) is 5.32 Å². The number of hydrogen-bond acceptors (Lipinski definition) is 2. The van der Waals surface area contributed by atoms with Crippen LogP contribution in [0.2, 0.25) is 0 Å². The Balaban J connectivity index is 2.04. The van der Waals surface area contributed by atoms with Crippen molar-refractivity contribution in [3.63, 3.8) is 0 Å². The van der Waals surface area contributed by atoms with Gasteiger partial charge in [0.1, 0.15) is 11.5 Å². The predicted octanol–water partition coefficient (Wildman–Crippen LogP) is 3.90. The van der Waals surface area contributed by atoms with Gasteiger partial charge in [0.2, 0.25) is 0 Å². The van der Waals surface area contributed by atoms with Crippen molar-refractivity contribution < 1.29 is 4.74 Å². The molecule has 0 heterocycles. The van der Waals surface area contributed by atoms with Gasteiger partial charge in [-0.2, -0.15) is 0 Å². The van der Waals surface area contributed by atoms with Crippen LogP contribution < -0.4 is 10.1 Å². The van der Waals surface area contributed by atoms with Crippen molar-refractivity contribution in [2.75, 3.05) is 6.54 Å². The minimum absolute atomic E-state index is 0.879. The van der Waals surface area contributed by atoms with Crippen LogP contribution in [0.25, 0.3) is 0 Å². The van der Waals surface area contributed by atoms with Crippen molar-refractivity contribution in [2.45, 2.75) is 20.4 Å². The topological polar surface area (TPSA) is 21.3 Å². The molecule has 2 aromatic carbocycles. The molecule has 0 spiro atoms. The van der Waals surface area contributed by atoms with Crippen LogP contribution in [0.15, 0.2) is 48.5 Å². The number of hydrogen-bond donors (Lipinski definition) is 1. The summed E-state index contributed by atoms with van der Waals surface area (Å²) < 4.78 is 5.85. The molecular weight excluding hydrogens is 222 g/mol. The summed E-state index contributed by atoms with van der Waals surface area (Å²) in [5, 5.41) is 3.30. The molecule has 2 heteroatoms. The van der Waals surface area contributed by atoms with Crippen LogP contribution in [0, 0.1) is 6.92 Å². The number of para-hydroxylation sites is 1. The first-order chi connectivity index (χ1) is 8.79. The second-order valence-electron chi connectivity index (χ2n) is 4.29. The summed E-state index contributed by atoms with van der Waals surface area (Å²) in [5.74, 6) is 1.79. The van der Waals surface area contributed by atoms with Crippen molar-refractivity contribution in [1.29, 1.82) is 0 Å². The second kappa shape index (κ2) is 6.22. The van der Waals surface area contributed by atoms with Gasteiger partial charge in [-0.3, -0.25) is 0 Å². The van der Waals surface area contributed by atoms with Crippen LogP contribution in [0.1, 0.15) is 18.1 Å². The van der Waals surface area contributed by atoms with Gasteiger partial charge in [0.05, 0.1) is 0 Å². The van der Waals surface area contributed by atoms with Gasteiger partial charge in [-0.1, -0.05) is 37.3 Å². The summed E-state index contributed by atoms with van der Waals surface area (Å²) in [4.78, 5) is 0. The van der Waals surface area contributed by atoms with E-state index in [4.69, 9.17) is 4.74 Å². The Morgan fingerprint density at radius 3 is 2.39 bits per heavy atom. The molecule has 0 unspecified atom stereocenters. The highest BCUT2D eigenvalue weighted by molar-refractivity contribution is 5.37. The number of aryl methyl sites for hydroxylation is 1. The van der Waals surface area contributed by atoms with Gasteiger partial charge < -0.3 is 10.1 Å². The highest BCUT2D eigenvalue weighted by Crippen LogP contribution is 2.24. The van der Waals surface area contributed by atoms with Gasteiger partial charge in [0, 0.05) is 6.54 Å². The highest BCUT2D eigenvalue weighted by atomic mass is 16.5. The average Bonchev–Trinajstić information content (AvgIpc) is 2.41. The van der Waals surface area contributed by atoms with Crippen molar-refractivity contribution in [2.24, 2.45) is 0 Å². The fourth-order valence-corrected chi connectivity index (χ4v) is 1.74. The molecular formula is C16H19NO. The van der Waals surface area contributed by atoms with Crippen molar-refractivity contribution in [3.05, 3.63) is 59.7 Å². The van der Waals surface area contributed by atoms with Crippen LogP contribution in [0.3, 0.4) is 0 Å². The number of benzene rings is 2. The van der Waals surface area contributed by atoms with Crippen LogP contribution >= 0.6 is 0 Å². The predicted molar refractivity (Wildman–Crippen MR) is 75.1 cm³/mol. The first-order valence-corrected chi connectivity index (χ1v) is 6.32. The van der Waals surface area contributed by atoms with Crippen molar-refractivity contribution in [3.8, 4) is 11.5 Å². The summed E-state index contributed by atoms with van der Waals surface area (Å²) in [7, 11) is 0. The monoisotopic (exact) mass is 241 g/mol. The molecule has 94 valence electrons. The van der Waals surface area contributed by atoms with E-state index < -0.39 is 0 Å². The zero-order valence-electron chi connectivity index (χ0n) is 10.9. The molecule has 2 aromatic rings. The Morgan fingerprint density at radius 1 is 1.00 bits per heavy atom. The third kappa shape index (κ3) is 3.34. The molecule has 0 saturated carbocycles. The summed E-state index contributed by atoms with van der Waals surface area (Å²) in [5.41, 5.74) is 2.42. The summed E-state index contributed by atoms with van der Waals surface area (Å²) in [6.45, 7) is 6.05. The lowest BCUT2D eigenvalue weighted by Gasteiger charge is -2.09. The SMILES string of the molecule is CCNCc1ccc(Oc2ccccc2C)cc1. The largest absolute Gasteiger partial charge is 0.457 e. The number of ether oxygens (including phenoxy) is 1. The normalized spacial score (nSPS) is 10.3. The second-order valence-corrected chi connectivity index (χ2v) is 4.29. The summed E-state index contributed by atoms with van der Waals surface area (Å²) in [6, 6.07) is 16.3. The third-order valence-electron chi connectivity index (χ3n) is 2.82. The maximum absolute atomic E-state index is 5.85. The molecule has 0 atom stereocenters. The molecule has 0 aliphatic rings. The van der Waals surface area contributed by atoms with Gasteiger partial charge in [-0.15, -0.1) is 0 Å². The molecule has 2 rings (SSSR count). The van der Waals surface area contributed by atoms with Gasteiger partial charge in [0.15, 0.2) is 0 Å². The zero-order chi connectivity index (χ0) is 12.8. The van der Waals surface area contributed by atoms with Crippen LogP contribution in [0.5, 0.6) is 11.5 Å². The molecule has 0 saturated heterocycles. The standard InChI is InChI=1S/C16H19NO/c1-3-17-12-14-8-10-15(11-9-14)18-16-7-5-4-6-13(16)2/h4-11,17H,3,12H2,1-2H3. The molecule has 2 nitrogen and oxygen atoms in total. The maximum Gasteiger partial charge on any atom is 0.130 e. The Hall–Kier alpha value is -1.80. The van der Waals surface area contributed by atoms with Gasteiger partial charge in [-0.25, -0.2) is 0 Å². The maximum atomic E-state index is 5.85. The lowest BCUT2D eigenvalue weighted by atomic mass is 10.2. The summed E-state index contributed by atoms with van der Waals surface area (Å²) >= 11 is 0. The van der Waals surface area contributed by atoms with E-state index in [0.29, 0.717) is 0 Å². The summed E-state index contributed by atoms with van der Waals surface area (Å²) in [6.07, 6.45) is 0. The number of rotatable bonds is 5. The Labute approximate surface area is 109 Å². The lowest BCUT2D eigenvalue weighted by molar-refractivity contribution is 0.478. The first kappa shape index (κ1) is 12.7. The Morgan fingerprint density at radius 2 is 1.72 bits per heavy atom. The molecule has 0 aromatic heterocycles. The smallest absolute Gasteiger partial charge is 0.130 e. The van der Waals surface area contributed by atoms with E-state index in [1.165, 1.54) is 5.56 Å². The van der Waals surface area contributed by atoms with Gasteiger partial charge >= 0.3 is 0 Å². The first-order valence-electron chi connectivity index (χ1n) is 6.32.